The van der Waals surface area contributed by atoms with Crippen LogP contribution in [0.3, 0.4) is 0 Å². The van der Waals surface area contributed by atoms with Crippen molar-refractivity contribution in [2.24, 2.45) is 0 Å². The molecule has 0 aromatic rings. The average Bonchev–Trinajstić information content (AvgIpc) is 3.25. The Bertz CT molecular complexity index is 871. The van der Waals surface area contributed by atoms with Gasteiger partial charge in [-0.1, -0.05) is 295 Å². The normalized spacial score (nSPS) is 12.9. The summed E-state index contributed by atoms with van der Waals surface area (Å²) in [5, 5.41) is 23.1. The Hall–Kier alpha value is -1.13. The number of allylic oxidation sites excluding steroid dienone is 3. The van der Waals surface area contributed by atoms with Gasteiger partial charge in [-0.05, 0) is 32.1 Å². The van der Waals surface area contributed by atoms with Gasteiger partial charge in [0.25, 0.3) is 0 Å². The molecule has 0 saturated carbocycles. The van der Waals surface area contributed by atoms with Crippen molar-refractivity contribution in [2.75, 3.05) is 6.61 Å². The van der Waals surface area contributed by atoms with Crippen molar-refractivity contribution in [3.63, 3.8) is 0 Å². The summed E-state index contributed by atoms with van der Waals surface area (Å²) in [4.78, 5) is 12.4. The van der Waals surface area contributed by atoms with Gasteiger partial charge in [-0.3, -0.25) is 4.79 Å². The zero-order valence-electron chi connectivity index (χ0n) is 41.0. The SMILES string of the molecule is CCCCCCCCCCCCC/C=C/CC/C=C/C(O)C(CO)NC(=O)CCCCCCCCCCCCCCCCCCCCCCCCCCCCCCCCC. The molecule has 0 radical (unpaired) electrons. The van der Waals surface area contributed by atoms with E-state index in [4.69, 9.17) is 0 Å². The van der Waals surface area contributed by atoms with Crippen LogP contribution in [0.5, 0.6) is 0 Å². The molecule has 0 spiro atoms. The van der Waals surface area contributed by atoms with Gasteiger partial charge in [0, 0.05) is 6.42 Å². The quantitative estimate of drug-likeness (QED) is 0.0422. The third-order valence-corrected chi connectivity index (χ3v) is 12.9. The van der Waals surface area contributed by atoms with E-state index in [1.54, 1.807) is 6.08 Å². The first-order valence-electron chi connectivity index (χ1n) is 27.6. The molecule has 356 valence electrons. The second-order valence-electron chi connectivity index (χ2n) is 19.0. The highest BCUT2D eigenvalue weighted by atomic mass is 16.3. The van der Waals surface area contributed by atoms with Gasteiger partial charge in [0.1, 0.15) is 0 Å². The van der Waals surface area contributed by atoms with E-state index in [0.717, 1.165) is 32.1 Å². The number of aliphatic hydroxyl groups is 2. The number of hydrogen-bond donors (Lipinski definition) is 3. The van der Waals surface area contributed by atoms with Crippen LogP contribution in [-0.4, -0.2) is 34.9 Å². The summed E-state index contributed by atoms with van der Waals surface area (Å²) in [5.41, 5.74) is 0. The molecule has 0 aliphatic carbocycles. The number of carbonyl (C=O) groups is 1. The Morgan fingerprint density at radius 1 is 0.383 bits per heavy atom. The fraction of sp³-hybridized carbons (Fsp3) is 0.911. The van der Waals surface area contributed by atoms with Crippen LogP contribution in [0.15, 0.2) is 24.3 Å². The smallest absolute Gasteiger partial charge is 0.220 e. The van der Waals surface area contributed by atoms with Crippen molar-refractivity contribution in [3.8, 4) is 0 Å². The summed E-state index contributed by atoms with van der Waals surface area (Å²) >= 11 is 0. The van der Waals surface area contributed by atoms with Crippen LogP contribution in [-0.2, 0) is 4.79 Å². The molecule has 0 heterocycles. The van der Waals surface area contributed by atoms with Crippen LogP contribution in [0.1, 0.15) is 309 Å². The summed E-state index contributed by atoms with van der Waals surface area (Å²) in [6.07, 6.45) is 69.2. The molecular formula is C56H109NO3. The minimum atomic E-state index is -0.859. The van der Waals surface area contributed by atoms with Gasteiger partial charge in [-0.2, -0.15) is 0 Å². The topological polar surface area (TPSA) is 69.6 Å². The van der Waals surface area contributed by atoms with E-state index in [1.165, 1.54) is 257 Å². The predicted molar refractivity (Wildman–Crippen MR) is 267 cm³/mol. The van der Waals surface area contributed by atoms with Crippen molar-refractivity contribution >= 4 is 5.91 Å². The molecule has 0 aliphatic rings. The minimum Gasteiger partial charge on any atom is -0.394 e. The largest absolute Gasteiger partial charge is 0.394 e. The van der Waals surface area contributed by atoms with Crippen LogP contribution >= 0.6 is 0 Å². The number of carbonyl (C=O) groups excluding carboxylic acids is 1. The van der Waals surface area contributed by atoms with Crippen LogP contribution in [0.4, 0.5) is 0 Å². The molecule has 0 rings (SSSR count). The molecule has 2 atom stereocenters. The maximum absolute atomic E-state index is 12.4. The van der Waals surface area contributed by atoms with E-state index in [-0.39, 0.29) is 12.5 Å². The Morgan fingerprint density at radius 2 is 0.650 bits per heavy atom. The second kappa shape index (κ2) is 52.2. The van der Waals surface area contributed by atoms with Crippen molar-refractivity contribution in [3.05, 3.63) is 24.3 Å². The van der Waals surface area contributed by atoms with Crippen LogP contribution < -0.4 is 5.32 Å². The van der Waals surface area contributed by atoms with Gasteiger partial charge in [0.15, 0.2) is 0 Å². The van der Waals surface area contributed by atoms with E-state index in [2.05, 4.69) is 31.3 Å². The predicted octanol–water partition coefficient (Wildman–Crippen LogP) is 17.9. The van der Waals surface area contributed by atoms with Crippen LogP contribution in [0.25, 0.3) is 0 Å². The van der Waals surface area contributed by atoms with Crippen molar-refractivity contribution in [1.82, 2.24) is 5.32 Å². The first kappa shape index (κ1) is 58.9. The molecule has 0 saturated heterocycles. The molecule has 0 aliphatic heterocycles. The maximum Gasteiger partial charge on any atom is 0.220 e. The summed E-state index contributed by atoms with van der Waals surface area (Å²) < 4.78 is 0. The molecule has 0 aromatic carbocycles. The summed E-state index contributed by atoms with van der Waals surface area (Å²) in [5.74, 6) is -0.0674. The lowest BCUT2D eigenvalue weighted by atomic mass is 10.0. The average molecular weight is 844 g/mol. The number of aliphatic hydroxyl groups excluding tert-OH is 2. The molecule has 0 aromatic heterocycles. The molecule has 60 heavy (non-hydrogen) atoms. The monoisotopic (exact) mass is 844 g/mol. The lowest BCUT2D eigenvalue weighted by Gasteiger charge is -2.19. The molecule has 2 unspecified atom stereocenters. The molecule has 0 fully saturated rings. The van der Waals surface area contributed by atoms with Crippen molar-refractivity contribution in [2.45, 2.75) is 321 Å². The summed E-state index contributed by atoms with van der Waals surface area (Å²) in [7, 11) is 0. The molecule has 4 heteroatoms. The Morgan fingerprint density at radius 3 is 0.967 bits per heavy atom. The number of unbranched alkanes of at least 4 members (excludes halogenated alkanes) is 42. The standard InChI is InChI=1S/C56H109NO3/c1-3-5-7-9-11-13-15-17-19-21-22-23-24-25-26-27-28-29-30-31-32-33-34-36-38-40-42-44-46-48-50-52-56(60)57-54(53-58)55(59)51-49-47-45-43-41-39-37-35-20-18-16-14-12-10-8-6-4-2/h41,43,49,51,54-55,58-59H,3-40,42,44-48,50,52-53H2,1-2H3,(H,57,60)/b43-41+,51-49+. The highest BCUT2D eigenvalue weighted by Gasteiger charge is 2.18. The van der Waals surface area contributed by atoms with E-state index >= 15 is 0 Å². The molecular weight excluding hydrogens is 735 g/mol. The third-order valence-electron chi connectivity index (χ3n) is 12.9. The number of rotatable bonds is 51. The number of hydrogen-bond acceptors (Lipinski definition) is 3. The van der Waals surface area contributed by atoms with Gasteiger partial charge in [0.2, 0.25) is 5.91 Å². The Labute approximate surface area is 377 Å². The fourth-order valence-electron chi connectivity index (χ4n) is 8.73. The van der Waals surface area contributed by atoms with Crippen LogP contribution in [0.2, 0.25) is 0 Å². The maximum atomic E-state index is 12.4. The Balaban J connectivity index is 3.44. The molecule has 3 N–H and O–H groups in total. The van der Waals surface area contributed by atoms with Crippen molar-refractivity contribution in [1.29, 1.82) is 0 Å². The summed E-state index contributed by atoms with van der Waals surface area (Å²) in [6.45, 7) is 4.33. The van der Waals surface area contributed by atoms with Crippen LogP contribution in [0, 0.1) is 0 Å². The highest BCUT2D eigenvalue weighted by Crippen LogP contribution is 2.18. The zero-order chi connectivity index (χ0) is 43.5. The van der Waals surface area contributed by atoms with E-state index in [0.29, 0.717) is 6.42 Å². The Kier molecular flexibility index (Phi) is 51.2. The van der Waals surface area contributed by atoms with Gasteiger partial charge >= 0.3 is 0 Å². The van der Waals surface area contributed by atoms with E-state index in [1.807, 2.05) is 6.08 Å². The zero-order valence-corrected chi connectivity index (χ0v) is 41.0. The highest BCUT2D eigenvalue weighted by molar-refractivity contribution is 5.76. The summed E-state index contributed by atoms with van der Waals surface area (Å²) in [6, 6.07) is -0.635. The molecule has 4 nitrogen and oxygen atoms in total. The minimum absolute atomic E-state index is 0.0674. The van der Waals surface area contributed by atoms with Gasteiger partial charge < -0.3 is 15.5 Å². The molecule has 0 bridgehead atoms. The van der Waals surface area contributed by atoms with Crippen molar-refractivity contribution < 1.29 is 15.0 Å². The number of amides is 1. The van der Waals surface area contributed by atoms with E-state index in [9.17, 15) is 15.0 Å². The number of nitrogens with one attached hydrogen (secondary N) is 1. The lowest BCUT2D eigenvalue weighted by Crippen LogP contribution is -2.45. The van der Waals surface area contributed by atoms with Gasteiger partial charge in [-0.25, -0.2) is 0 Å². The first-order chi connectivity index (χ1) is 29.7. The molecule has 1 amide bonds. The first-order valence-corrected chi connectivity index (χ1v) is 27.6. The van der Waals surface area contributed by atoms with Gasteiger partial charge in [-0.15, -0.1) is 0 Å². The van der Waals surface area contributed by atoms with E-state index < -0.39 is 12.1 Å². The van der Waals surface area contributed by atoms with Gasteiger partial charge in [0.05, 0.1) is 18.8 Å². The lowest BCUT2D eigenvalue weighted by molar-refractivity contribution is -0.123. The third kappa shape index (κ3) is 47.9. The second-order valence-corrected chi connectivity index (χ2v) is 19.0. The fourth-order valence-corrected chi connectivity index (χ4v) is 8.73.